The van der Waals surface area contributed by atoms with Gasteiger partial charge in [0.2, 0.25) is 7.37 Å². The van der Waals surface area contributed by atoms with Crippen molar-refractivity contribution in [2.75, 3.05) is 13.3 Å². The second kappa shape index (κ2) is 4.91. The summed E-state index contributed by atoms with van der Waals surface area (Å²) in [5.41, 5.74) is 0.479. The first-order valence-electron chi connectivity index (χ1n) is 5.61. The highest BCUT2D eigenvalue weighted by Gasteiger charge is 2.50. The van der Waals surface area contributed by atoms with Gasteiger partial charge in [0.15, 0.2) is 0 Å². The molecule has 0 bridgehead atoms. The van der Waals surface area contributed by atoms with Crippen molar-refractivity contribution in [3.05, 3.63) is 35.9 Å². The molecule has 1 aromatic rings. The molecule has 4 nitrogen and oxygen atoms in total. The van der Waals surface area contributed by atoms with Crippen LogP contribution >= 0.6 is 7.37 Å². The summed E-state index contributed by atoms with van der Waals surface area (Å²) in [5.74, 6) is 0. The van der Waals surface area contributed by atoms with E-state index in [1.54, 1.807) is 0 Å². The first kappa shape index (κ1) is 12.8. The first-order valence-corrected chi connectivity index (χ1v) is 7.49. The lowest BCUT2D eigenvalue weighted by Crippen LogP contribution is -2.30. The van der Waals surface area contributed by atoms with Crippen LogP contribution in [0.25, 0.3) is 0 Å². The fourth-order valence-electron chi connectivity index (χ4n) is 2.32. The largest absolute Gasteiger partial charge is 0.390 e. The molecular weight excluding hydrogens is 239 g/mol. The maximum Gasteiger partial charge on any atom is 0.211 e. The summed E-state index contributed by atoms with van der Waals surface area (Å²) < 4.78 is 17.5. The van der Waals surface area contributed by atoms with E-state index in [0.717, 1.165) is 5.56 Å². The van der Waals surface area contributed by atoms with Crippen LogP contribution in [0.1, 0.15) is 5.56 Å². The Morgan fingerprint density at radius 3 is 2.59 bits per heavy atom. The lowest BCUT2D eigenvalue weighted by molar-refractivity contribution is 0.0418. The summed E-state index contributed by atoms with van der Waals surface area (Å²) in [6, 6.07) is 9.52. The third kappa shape index (κ3) is 2.45. The highest BCUT2D eigenvalue weighted by Crippen LogP contribution is 2.59. The van der Waals surface area contributed by atoms with Crippen molar-refractivity contribution < 1.29 is 19.3 Å². The van der Waals surface area contributed by atoms with E-state index in [0.29, 0.717) is 6.42 Å². The van der Waals surface area contributed by atoms with Gasteiger partial charge < -0.3 is 14.7 Å². The van der Waals surface area contributed by atoms with Gasteiger partial charge in [-0.3, -0.25) is 4.57 Å². The van der Waals surface area contributed by atoms with E-state index < -0.39 is 25.2 Å². The maximum absolute atomic E-state index is 12.4. The minimum absolute atomic E-state index is 0.0438. The molecule has 1 aliphatic heterocycles. The van der Waals surface area contributed by atoms with Crippen molar-refractivity contribution in [3.63, 3.8) is 0 Å². The van der Waals surface area contributed by atoms with Crippen LogP contribution in [-0.4, -0.2) is 41.4 Å². The molecule has 0 spiro atoms. The van der Waals surface area contributed by atoms with Crippen molar-refractivity contribution in [2.45, 2.75) is 24.3 Å². The van der Waals surface area contributed by atoms with Crippen molar-refractivity contribution in [1.29, 1.82) is 0 Å². The van der Waals surface area contributed by atoms with Crippen LogP contribution in [0.2, 0.25) is 0 Å². The van der Waals surface area contributed by atoms with E-state index in [1.165, 1.54) is 7.11 Å². The van der Waals surface area contributed by atoms with E-state index in [9.17, 15) is 14.8 Å². The summed E-state index contributed by atoms with van der Waals surface area (Å²) in [6.45, 7) is 0. The predicted octanol–water partition coefficient (Wildman–Crippen LogP) is 1.26. The monoisotopic (exact) mass is 256 g/mol. The van der Waals surface area contributed by atoms with Gasteiger partial charge in [-0.05, 0) is 12.0 Å². The highest BCUT2D eigenvalue weighted by molar-refractivity contribution is 7.60. The van der Waals surface area contributed by atoms with Gasteiger partial charge in [-0.2, -0.15) is 0 Å². The van der Waals surface area contributed by atoms with E-state index >= 15 is 0 Å². The molecule has 4 atom stereocenters. The molecule has 1 heterocycles. The van der Waals surface area contributed by atoms with Gasteiger partial charge in [-0.25, -0.2) is 0 Å². The highest BCUT2D eigenvalue weighted by atomic mass is 31.2. The Bertz CT molecular complexity index is 420. The van der Waals surface area contributed by atoms with Crippen LogP contribution in [0.15, 0.2) is 30.3 Å². The molecule has 17 heavy (non-hydrogen) atoms. The minimum atomic E-state index is -2.94. The molecular formula is C12H17O4P. The third-order valence-corrected chi connectivity index (χ3v) is 6.33. The molecule has 94 valence electrons. The van der Waals surface area contributed by atoms with Crippen molar-refractivity contribution in [3.8, 4) is 0 Å². The fraction of sp³-hybridized carbons (Fsp3) is 0.500. The molecule has 0 saturated carbocycles. The van der Waals surface area contributed by atoms with Crippen LogP contribution in [0, 0.1) is 0 Å². The van der Waals surface area contributed by atoms with Crippen LogP contribution in [0.3, 0.4) is 0 Å². The summed E-state index contributed by atoms with van der Waals surface area (Å²) in [6.07, 6.45) is -1.41. The van der Waals surface area contributed by atoms with Crippen LogP contribution in [0.4, 0.5) is 0 Å². The molecule has 0 aliphatic carbocycles. The third-order valence-electron chi connectivity index (χ3n) is 3.33. The van der Waals surface area contributed by atoms with Crippen LogP contribution in [0.5, 0.6) is 0 Å². The van der Waals surface area contributed by atoms with Crippen LogP contribution < -0.4 is 0 Å². The molecule has 0 radical (unpaired) electrons. The van der Waals surface area contributed by atoms with Gasteiger partial charge in [-0.15, -0.1) is 0 Å². The summed E-state index contributed by atoms with van der Waals surface area (Å²) >= 11 is 0. The molecule has 0 aromatic heterocycles. The zero-order valence-corrected chi connectivity index (χ0v) is 10.6. The Balaban J connectivity index is 2.21. The van der Waals surface area contributed by atoms with Gasteiger partial charge in [0.25, 0.3) is 0 Å². The normalized spacial score (nSPS) is 37.2. The SMILES string of the molecule is COP1(=O)CC(O)C(O)C1Cc1ccccc1. The van der Waals surface area contributed by atoms with E-state index in [-0.39, 0.29) is 6.16 Å². The topological polar surface area (TPSA) is 66.8 Å². The molecule has 2 N–H and O–H groups in total. The number of aliphatic hydroxyl groups is 2. The Morgan fingerprint density at radius 2 is 2.00 bits per heavy atom. The summed E-state index contributed by atoms with van der Waals surface area (Å²) in [5, 5.41) is 19.5. The van der Waals surface area contributed by atoms with Gasteiger partial charge >= 0.3 is 0 Å². The molecule has 1 aromatic carbocycles. The maximum atomic E-state index is 12.4. The predicted molar refractivity (Wildman–Crippen MR) is 65.4 cm³/mol. The number of aliphatic hydroxyl groups excluding tert-OH is 2. The number of hydrogen-bond donors (Lipinski definition) is 2. The number of hydrogen-bond acceptors (Lipinski definition) is 4. The minimum Gasteiger partial charge on any atom is -0.390 e. The summed E-state index contributed by atoms with van der Waals surface area (Å²) in [7, 11) is -1.56. The van der Waals surface area contributed by atoms with Gasteiger partial charge in [0.1, 0.15) is 0 Å². The van der Waals surface area contributed by atoms with Gasteiger partial charge in [0, 0.05) is 7.11 Å². The molecule has 1 aliphatic rings. The standard InChI is InChI=1S/C12H17O4P/c1-16-17(15)8-10(13)12(14)11(17)7-9-5-3-2-4-6-9/h2-6,10-14H,7-8H2,1H3. The molecule has 1 saturated heterocycles. The number of benzene rings is 1. The molecule has 2 rings (SSSR count). The molecule has 0 amide bonds. The second-order valence-electron chi connectivity index (χ2n) is 4.41. The van der Waals surface area contributed by atoms with Crippen LogP contribution in [-0.2, 0) is 15.5 Å². The van der Waals surface area contributed by atoms with Crippen molar-refractivity contribution in [2.24, 2.45) is 0 Å². The molecule has 5 heteroatoms. The Kier molecular flexibility index (Phi) is 3.69. The Labute approximate surface area is 101 Å². The quantitative estimate of drug-likeness (QED) is 0.799. The second-order valence-corrected chi connectivity index (χ2v) is 7.25. The average molecular weight is 256 g/mol. The smallest absolute Gasteiger partial charge is 0.211 e. The van der Waals surface area contributed by atoms with Gasteiger partial charge in [0.05, 0.1) is 24.0 Å². The van der Waals surface area contributed by atoms with Crippen molar-refractivity contribution >= 4 is 7.37 Å². The first-order chi connectivity index (χ1) is 8.07. The summed E-state index contributed by atoms with van der Waals surface area (Å²) in [4.78, 5) is 0. The van der Waals surface area contributed by atoms with E-state index in [4.69, 9.17) is 4.52 Å². The number of rotatable bonds is 3. The fourth-order valence-corrected chi connectivity index (χ4v) is 4.90. The average Bonchev–Trinajstić information content (AvgIpc) is 2.55. The Morgan fingerprint density at radius 1 is 1.35 bits per heavy atom. The lowest BCUT2D eigenvalue weighted by atomic mass is 10.0. The van der Waals surface area contributed by atoms with E-state index in [1.807, 2.05) is 30.3 Å². The molecule has 1 fully saturated rings. The zero-order valence-electron chi connectivity index (χ0n) is 9.69. The van der Waals surface area contributed by atoms with E-state index in [2.05, 4.69) is 0 Å². The lowest BCUT2D eigenvalue weighted by Gasteiger charge is -2.20. The molecule has 4 unspecified atom stereocenters. The Hall–Kier alpha value is -0.670. The zero-order chi connectivity index (χ0) is 12.5. The van der Waals surface area contributed by atoms with Gasteiger partial charge in [-0.1, -0.05) is 30.3 Å². The van der Waals surface area contributed by atoms with Crippen molar-refractivity contribution in [1.82, 2.24) is 0 Å².